The standard InChI is InChI=1S/C19H20N6O3S/c1-11-12(2)29-19-16(11)17(21-10-22-19)24-7-4-13(5-8-24)18(26)23-14-3-6-20-9-15(14)25(27)28/h3,6,9-10,13H,4-5,7-8H2,1-2H3,(H,20,23,26). The van der Waals surface area contributed by atoms with Crippen LogP contribution >= 0.6 is 11.3 Å². The van der Waals surface area contributed by atoms with E-state index in [1.165, 1.54) is 22.7 Å². The molecule has 29 heavy (non-hydrogen) atoms. The van der Waals surface area contributed by atoms with Crippen molar-refractivity contribution in [3.05, 3.63) is 45.3 Å². The van der Waals surface area contributed by atoms with Crippen molar-refractivity contribution < 1.29 is 9.72 Å². The van der Waals surface area contributed by atoms with Crippen LogP contribution in [0.25, 0.3) is 10.2 Å². The van der Waals surface area contributed by atoms with E-state index in [1.54, 1.807) is 17.7 Å². The summed E-state index contributed by atoms with van der Waals surface area (Å²) < 4.78 is 0. The summed E-state index contributed by atoms with van der Waals surface area (Å²) in [6, 6.07) is 1.45. The number of thiophene rings is 1. The lowest BCUT2D eigenvalue weighted by atomic mass is 9.95. The van der Waals surface area contributed by atoms with E-state index in [4.69, 9.17) is 0 Å². The van der Waals surface area contributed by atoms with Crippen LogP contribution in [0.1, 0.15) is 23.3 Å². The summed E-state index contributed by atoms with van der Waals surface area (Å²) in [6.45, 7) is 5.55. The normalized spacial score (nSPS) is 14.9. The van der Waals surface area contributed by atoms with Gasteiger partial charge in [0, 0.05) is 30.1 Å². The smallest absolute Gasteiger partial charge is 0.310 e. The van der Waals surface area contributed by atoms with E-state index in [-0.39, 0.29) is 23.2 Å². The van der Waals surface area contributed by atoms with Crippen molar-refractivity contribution in [1.29, 1.82) is 0 Å². The molecule has 0 radical (unpaired) electrons. The molecule has 0 spiro atoms. The summed E-state index contributed by atoms with van der Waals surface area (Å²) >= 11 is 1.67. The van der Waals surface area contributed by atoms with Crippen LogP contribution in [0.4, 0.5) is 17.2 Å². The number of hydrogen-bond acceptors (Lipinski definition) is 8. The van der Waals surface area contributed by atoms with Gasteiger partial charge in [-0.1, -0.05) is 0 Å². The molecule has 1 aliphatic rings. The largest absolute Gasteiger partial charge is 0.356 e. The van der Waals surface area contributed by atoms with Crippen LogP contribution in [0.2, 0.25) is 0 Å². The van der Waals surface area contributed by atoms with E-state index >= 15 is 0 Å². The first-order valence-corrected chi connectivity index (χ1v) is 10.1. The summed E-state index contributed by atoms with van der Waals surface area (Å²) in [5, 5.41) is 14.9. The summed E-state index contributed by atoms with van der Waals surface area (Å²) in [4.78, 5) is 40.3. The van der Waals surface area contributed by atoms with Gasteiger partial charge in [-0.25, -0.2) is 9.97 Å². The summed E-state index contributed by atoms with van der Waals surface area (Å²) in [5.74, 6) is 0.511. The van der Waals surface area contributed by atoms with Gasteiger partial charge in [0.05, 0.1) is 10.3 Å². The SMILES string of the molecule is Cc1sc2ncnc(N3CCC(C(=O)Nc4ccncc4[N+](=O)[O-])CC3)c2c1C. The quantitative estimate of drug-likeness (QED) is 0.515. The molecule has 9 nitrogen and oxygen atoms in total. The summed E-state index contributed by atoms with van der Waals surface area (Å²) in [5.41, 5.74) is 1.18. The van der Waals surface area contributed by atoms with Crippen LogP contribution < -0.4 is 10.2 Å². The lowest BCUT2D eigenvalue weighted by Gasteiger charge is -2.32. The molecule has 1 N–H and O–H groups in total. The van der Waals surface area contributed by atoms with Crippen LogP contribution in [-0.4, -0.2) is 38.9 Å². The zero-order valence-corrected chi connectivity index (χ0v) is 16.9. The highest BCUT2D eigenvalue weighted by Crippen LogP contribution is 2.35. The molecule has 1 aliphatic heterocycles. The van der Waals surface area contributed by atoms with Crippen LogP contribution in [0, 0.1) is 29.9 Å². The van der Waals surface area contributed by atoms with Gasteiger partial charge >= 0.3 is 5.69 Å². The number of carbonyl (C=O) groups excluding carboxylic acids is 1. The van der Waals surface area contributed by atoms with Gasteiger partial charge in [0.1, 0.15) is 28.9 Å². The maximum absolute atomic E-state index is 12.7. The maximum atomic E-state index is 12.7. The summed E-state index contributed by atoms with van der Waals surface area (Å²) in [7, 11) is 0. The molecule has 1 amide bonds. The van der Waals surface area contributed by atoms with Gasteiger partial charge < -0.3 is 10.2 Å². The minimum Gasteiger partial charge on any atom is -0.356 e. The van der Waals surface area contributed by atoms with Gasteiger partial charge in [0.25, 0.3) is 0 Å². The molecule has 0 aliphatic carbocycles. The number of rotatable bonds is 4. The number of nitro groups is 1. The molecule has 0 bridgehead atoms. The highest BCUT2D eigenvalue weighted by Gasteiger charge is 2.28. The predicted molar refractivity (Wildman–Crippen MR) is 111 cm³/mol. The second-order valence-electron chi connectivity index (χ2n) is 7.06. The molecule has 150 valence electrons. The molecular weight excluding hydrogens is 392 g/mol. The monoisotopic (exact) mass is 412 g/mol. The van der Waals surface area contributed by atoms with Crippen molar-refractivity contribution in [3.8, 4) is 0 Å². The second-order valence-corrected chi connectivity index (χ2v) is 8.26. The molecule has 4 rings (SSSR count). The van der Waals surface area contributed by atoms with Crippen molar-refractivity contribution in [2.45, 2.75) is 26.7 Å². The number of anilines is 2. The molecule has 0 aromatic carbocycles. The Morgan fingerprint density at radius 1 is 1.31 bits per heavy atom. The number of pyridine rings is 1. The first-order valence-electron chi connectivity index (χ1n) is 9.30. The van der Waals surface area contributed by atoms with Crippen molar-refractivity contribution in [2.75, 3.05) is 23.3 Å². The third kappa shape index (κ3) is 3.63. The fourth-order valence-corrected chi connectivity index (χ4v) is 4.62. The zero-order valence-electron chi connectivity index (χ0n) is 16.1. The number of fused-ring (bicyclic) bond motifs is 1. The minimum absolute atomic E-state index is 0.180. The first kappa shape index (κ1) is 19.2. The fourth-order valence-electron chi connectivity index (χ4n) is 3.63. The highest BCUT2D eigenvalue weighted by molar-refractivity contribution is 7.18. The minimum atomic E-state index is -0.545. The predicted octanol–water partition coefficient (Wildman–Crippen LogP) is 3.47. The lowest BCUT2D eigenvalue weighted by molar-refractivity contribution is -0.384. The van der Waals surface area contributed by atoms with E-state index in [0.29, 0.717) is 25.9 Å². The van der Waals surface area contributed by atoms with E-state index in [0.717, 1.165) is 22.2 Å². The molecule has 4 heterocycles. The van der Waals surface area contributed by atoms with E-state index < -0.39 is 4.92 Å². The number of aromatic nitrogens is 3. The van der Waals surface area contributed by atoms with Crippen LogP contribution in [0.5, 0.6) is 0 Å². The lowest BCUT2D eigenvalue weighted by Crippen LogP contribution is -2.38. The molecule has 10 heteroatoms. The van der Waals surface area contributed by atoms with Crippen molar-refractivity contribution >= 4 is 44.7 Å². The Morgan fingerprint density at radius 3 is 2.79 bits per heavy atom. The van der Waals surface area contributed by atoms with Gasteiger partial charge in [-0.15, -0.1) is 11.3 Å². The molecule has 3 aromatic heterocycles. The summed E-state index contributed by atoms with van der Waals surface area (Å²) in [6.07, 6.45) is 5.46. The third-order valence-corrected chi connectivity index (χ3v) is 6.48. The first-order chi connectivity index (χ1) is 14.0. The van der Waals surface area contributed by atoms with Crippen LogP contribution in [0.15, 0.2) is 24.8 Å². The molecule has 0 unspecified atom stereocenters. The Balaban J connectivity index is 1.47. The molecule has 3 aromatic rings. The van der Waals surface area contributed by atoms with Crippen LogP contribution in [0.3, 0.4) is 0 Å². The molecule has 1 fully saturated rings. The Bertz CT molecular complexity index is 1090. The van der Waals surface area contributed by atoms with Gasteiger partial charge in [-0.2, -0.15) is 0 Å². The molecule has 0 saturated carbocycles. The number of nitrogens with one attached hydrogen (secondary N) is 1. The van der Waals surface area contributed by atoms with Gasteiger partial charge in [-0.3, -0.25) is 19.9 Å². The Kier molecular flexibility index (Phi) is 5.10. The van der Waals surface area contributed by atoms with Gasteiger partial charge in [-0.05, 0) is 38.3 Å². The number of carbonyl (C=O) groups is 1. The molecule has 0 atom stereocenters. The van der Waals surface area contributed by atoms with E-state index in [1.807, 2.05) is 0 Å². The Hall–Kier alpha value is -3.14. The topological polar surface area (TPSA) is 114 Å². The van der Waals surface area contributed by atoms with Crippen molar-refractivity contribution in [3.63, 3.8) is 0 Å². The zero-order chi connectivity index (χ0) is 20.5. The van der Waals surface area contributed by atoms with E-state index in [2.05, 4.69) is 39.0 Å². The average Bonchev–Trinajstić information content (AvgIpc) is 3.02. The number of hydrogen-bond donors (Lipinski definition) is 1. The maximum Gasteiger partial charge on any atom is 0.310 e. The second kappa shape index (κ2) is 7.70. The van der Waals surface area contributed by atoms with E-state index in [9.17, 15) is 14.9 Å². The average molecular weight is 412 g/mol. The highest BCUT2D eigenvalue weighted by atomic mass is 32.1. The van der Waals surface area contributed by atoms with Crippen molar-refractivity contribution in [1.82, 2.24) is 15.0 Å². The third-order valence-electron chi connectivity index (χ3n) is 5.37. The Labute approximate surface area is 171 Å². The molecular formula is C19H20N6O3S. The van der Waals surface area contributed by atoms with Gasteiger partial charge in [0.15, 0.2) is 0 Å². The number of aryl methyl sites for hydroxylation is 2. The number of nitrogens with zero attached hydrogens (tertiary/aromatic N) is 5. The van der Waals surface area contributed by atoms with Crippen molar-refractivity contribution in [2.24, 2.45) is 5.92 Å². The van der Waals surface area contributed by atoms with Gasteiger partial charge in [0.2, 0.25) is 5.91 Å². The molecule has 1 saturated heterocycles. The fraction of sp³-hybridized carbons (Fsp3) is 0.368. The number of piperidine rings is 1. The number of amides is 1. The van der Waals surface area contributed by atoms with Crippen LogP contribution in [-0.2, 0) is 4.79 Å². The Morgan fingerprint density at radius 2 is 2.07 bits per heavy atom.